The van der Waals surface area contributed by atoms with E-state index in [1.165, 1.54) is 6.20 Å². The first kappa shape index (κ1) is 14.3. The Morgan fingerprint density at radius 3 is 2.95 bits per heavy atom. The molecule has 0 aliphatic carbocycles. The molecular weight excluding hydrogens is 262 g/mol. The number of piperidine rings is 1. The summed E-state index contributed by atoms with van der Waals surface area (Å²) >= 11 is 5.91. The lowest BCUT2D eigenvalue weighted by molar-refractivity contribution is 0.0709. The van der Waals surface area contributed by atoms with E-state index in [2.05, 4.69) is 10.3 Å². The molecule has 1 atom stereocenters. The number of hydrogen-bond donors (Lipinski definition) is 2. The van der Waals surface area contributed by atoms with Gasteiger partial charge in [0, 0.05) is 11.6 Å². The number of Topliss-reactive ketones (excluding diaryl/α,β-unsaturated/α-hetero) is 1. The number of nitrogens with one attached hydrogen (secondary N) is 1. The molecular formula is C14H20ClN3O. The lowest BCUT2D eigenvalue weighted by Crippen LogP contribution is -2.42. The van der Waals surface area contributed by atoms with Gasteiger partial charge in [-0.05, 0) is 37.9 Å². The number of pyridine rings is 1. The summed E-state index contributed by atoms with van der Waals surface area (Å²) < 4.78 is 0. The third-order valence-electron chi connectivity index (χ3n) is 4.03. The second-order valence-corrected chi connectivity index (χ2v) is 6.12. The number of carbonyl (C=O) groups is 1. The van der Waals surface area contributed by atoms with Gasteiger partial charge in [-0.1, -0.05) is 25.4 Å². The number of halogens is 1. The fourth-order valence-electron chi connectivity index (χ4n) is 2.63. The minimum Gasteiger partial charge on any atom is -0.383 e. The number of anilines is 1. The molecule has 2 rings (SSSR count). The smallest absolute Gasteiger partial charge is 0.172 e. The second kappa shape index (κ2) is 5.47. The number of ketones is 1. The Morgan fingerprint density at radius 1 is 1.58 bits per heavy atom. The highest BCUT2D eigenvalue weighted by Gasteiger charge is 2.38. The molecule has 4 nitrogen and oxygen atoms in total. The molecule has 1 unspecified atom stereocenters. The first-order valence-electron chi connectivity index (χ1n) is 6.59. The van der Waals surface area contributed by atoms with Crippen molar-refractivity contribution in [3.63, 3.8) is 0 Å². The standard InChI is InChI=1S/C14H20ClN3O/c1-14(2,9-4-3-5-17-7-9)12(19)11-6-10(15)8-18-13(11)16/h6,8-9,17H,3-5,7H2,1-2H3,(H2,16,18). The predicted octanol–water partition coefficient (Wildman–Crippen LogP) is 2.53. The van der Waals surface area contributed by atoms with Crippen molar-refractivity contribution in [3.8, 4) is 0 Å². The third-order valence-corrected chi connectivity index (χ3v) is 4.24. The number of hydrogen-bond acceptors (Lipinski definition) is 4. The molecule has 104 valence electrons. The van der Waals surface area contributed by atoms with Crippen LogP contribution in [0.15, 0.2) is 12.3 Å². The van der Waals surface area contributed by atoms with Gasteiger partial charge in [-0.25, -0.2) is 4.98 Å². The van der Waals surface area contributed by atoms with Crippen molar-refractivity contribution < 1.29 is 4.79 Å². The molecule has 0 radical (unpaired) electrons. The summed E-state index contributed by atoms with van der Waals surface area (Å²) in [7, 11) is 0. The van der Waals surface area contributed by atoms with Gasteiger partial charge in [0.05, 0.1) is 10.6 Å². The fourth-order valence-corrected chi connectivity index (χ4v) is 2.79. The van der Waals surface area contributed by atoms with Gasteiger partial charge < -0.3 is 11.1 Å². The number of nitrogens with zero attached hydrogens (tertiary/aromatic N) is 1. The van der Waals surface area contributed by atoms with Crippen LogP contribution in [0.1, 0.15) is 37.0 Å². The zero-order valence-electron chi connectivity index (χ0n) is 11.4. The van der Waals surface area contributed by atoms with Gasteiger partial charge in [0.1, 0.15) is 5.82 Å². The van der Waals surface area contributed by atoms with Gasteiger partial charge >= 0.3 is 0 Å². The van der Waals surface area contributed by atoms with Gasteiger partial charge in [-0.15, -0.1) is 0 Å². The first-order valence-corrected chi connectivity index (χ1v) is 6.97. The second-order valence-electron chi connectivity index (χ2n) is 5.68. The van der Waals surface area contributed by atoms with Crippen LogP contribution in [0, 0.1) is 11.3 Å². The molecule has 0 aromatic carbocycles. The van der Waals surface area contributed by atoms with Gasteiger partial charge in [-0.2, -0.15) is 0 Å². The Balaban J connectivity index is 2.28. The van der Waals surface area contributed by atoms with Crippen molar-refractivity contribution in [2.24, 2.45) is 11.3 Å². The highest BCUT2D eigenvalue weighted by molar-refractivity contribution is 6.31. The minimum atomic E-state index is -0.464. The van der Waals surface area contributed by atoms with Crippen molar-refractivity contribution in [2.45, 2.75) is 26.7 Å². The van der Waals surface area contributed by atoms with Gasteiger partial charge in [-0.3, -0.25) is 4.79 Å². The number of aromatic nitrogens is 1. The van der Waals surface area contributed by atoms with Gasteiger partial charge in [0.15, 0.2) is 5.78 Å². The lowest BCUT2D eigenvalue weighted by atomic mass is 9.70. The maximum absolute atomic E-state index is 12.7. The fraction of sp³-hybridized carbons (Fsp3) is 0.571. The van der Waals surface area contributed by atoms with Crippen molar-refractivity contribution in [1.82, 2.24) is 10.3 Å². The summed E-state index contributed by atoms with van der Waals surface area (Å²) in [5, 5.41) is 3.79. The molecule has 0 bridgehead atoms. The van der Waals surface area contributed by atoms with Crippen LogP contribution < -0.4 is 11.1 Å². The lowest BCUT2D eigenvalue weighted by Gasteiger charge is -2.36. The molecule has 1 aromatic heterocycles. The number of carbonyl (C=O) groups excluding carboxylic acids is 1. The Hall–Kier alpha value is -1.13. The van der Waals surface area contributed by atoms with Crippen LogP contribution in [0.4, 0.5) is 5.82 Å². The molecule has 19 heavy (non-hydrogen) atoms. The van der Waals surface area contributed by atoms with E-state index in [0.29, 0.717) is 16.5 Å². The summed E-state index contributed by atoms with van der Waals surface area (Å²) in [6, 6.07) is 1.62. The van der Waals surface area contributed by atoms with Crippen LogP contribution >= 0.6 is 11.6 Å². The summed E-state index contributed by atoms with van der Waals surface area (Å²) in [4.78, 5) is 16.7. The van der Waals surface area contributed by atoms with E-state index >= 15 is 0 Å². The molecule has 5 heteroatoms. The van der Waals surface area contributed by atoms with E-state index in [-0.39, 0.29) is 11.6 Å². The molecule has 0 spiro atoms. The predicted molar refractivity (Wildman–Crippen MR) is 77.4 cm³/mol. The molecule has 2 heterocycles. The molecule has 0 amide bonds. The Labute approximate surface area is 118 Å². The average molecular weight is 282 g/mol. The zero-order valence-corrected chi connectivity index (χ0v) is 12.1. The van der Waals surface area contributed by atoms with Crippen LogP contribution in [0.5, 0.6) is 0 Å². The molecule has 3 N–H and O–H groups in total. The summed E-state index contributed by atoms with van der Waals surface area (Å²) in [6.07, 6.45) is 3.62. The van der Waals surface area contributed by atoms with E-state index < -0.39 is 5.41 Å². The third kappa shape index (κ3) is 2.90. The van der Waals surface area contributed by atoms with Crippen LogP contribution in [-0.2, 0) is 0 Å². The van der Waals surface area contributed by atoms with Crippen molar-refractivity contribution >= 4 is 23.2 Å². The van der Waals surface area contributed by atoms with Crippen molar-refractivity contribution in [3.05, 3.63) is 22.8 Å². The topological polar surface area (TPSA) is 68.0 Å². The van der Waals surface area contributed by atoms with E-state index in [1.54, 1.807) is 6.07 Å². The van der Waals surface area contributed by atoms with Crippen LogP contribution in [0.3, 0.4) is 0 Å². The zero-order chi connectivity index (χ0) is 14.0. The van der Waals surface area contributed by atoms with E-state index in [0.717, 1.165) is 25.9 Å². The molecule has 1 aliphatic rings. The average Bonchev–Trinajstić information content (AvgIpc) is 2.41. The molecule has 1 aromatic rings. The summed E-state index contributed by atoms with van der Waals surface area (Å²) in [5.74, 6) is 0.590. The van der Waals surface area contributed by atoms with Gasteiger partial charge in [0.25, 0.3) is 0 Å². The quantitative estimate of drug-likeness (QED) is 0.836. The van der Waals surface area contributed by atoms with Crippen LogP contribution in [0.25, 0.3) is 0 Å². The summed E-state index contributed by atoms with van der Waals surface area (Å²) in [6.45, 7) is 5.86. The monoisotopic (exact) mass is 281 g/mol. The largest absolute Gasteiger partial charge is 0.383 e. The minimum absolute atomic E-state index is 0.0219. The molecule has 1 saturated heterocycles. The number of nitrogens with two attached hydrogens (primary N) is 1. The maximum Gasteiger partial charge on any atom is 0.172 e. The number of nitrogen functional groups attached to an aromatic ring is 1. The van der Waals surface area contributed by atoms with Crippen molar-refractivity contribution in [2.75, 3.05) is 18.8 Å². The van der Waals surface area contributed by atoms with Crippen LogP contribution in [-0.4, -0.2) is 23.9 Å². The molecule has 0 saturated carbocycles. The maximum atomic E-state index is 12.7. The van der Waals surface area contributed by atoms with E-state index in [1.807, 2.05) is 13.8 Å². The Morgan fingerprint density at radius 2 is 2.32 bits per heavy atom. The Bertz CT molecular complexity index is 482. The normalized spacial score (nSPS) is 20.3. The first-order chi connectivity index (χ1) is 8.93. The highest BCUT2D eigenvalue weighted by atomic mass is 35.5. The number of rotatable bonds is 3. The van der Waals surface area contributed by atoms with E-state index in [4.69, 9.17) is 17.3 Å². The van der Waals surface area contributed by atoms with Crippen molar-refractivity contribution in [1.29, 1.82) is 0 Å². The SMILES string of the molecule is CC(C)(C(=O)c1cc(Cl)cnc1N)C1CCCNC1. The molecule has 1 aliphatic heterocycles. The van der Waals surface area contributed by atoms with Gasteiger partial charge in [0.2, 0.25) is 0 Å². The highest BCUT2D eigenvalue weighted by Crippen LogP contribution is 2.36. The van der Waals surface area contributed by atoms with Crippen LogP contribution in [0.2, 0.25) is 5.02 Å². The Kier molecular flexibility index (Phi) is 4.11. The van der Waals surface area contributed by atoms with E-state index in [9.17, 15) is 4.79 Å². The molecule has 1 fully saturated rings. The summed E-state index contributed by atoms with van der Waals surface area (Å²) in [5.41, 5.74) is 5.78.